The Morgan fingerprint density at radius 3 is 2.29 bits per heavy atom. The number of rotatable bonds is 10. The van der Waals surface area contributed by atoms with E-state index in [1.807, 2.05) is 26.0 Å². The van der Waals surface area contributed by atoms with Crippen LogP contribution in [0.5, 0.6) is 0 Å². The smallest absolute Gasteiger partial charge is 0.152 e. The quantitative estimate of drug-likeness (QED) is 0.519. The van der Waals surface area contributed by atoms with Crippen LogP contribution in [0.1, 0.15) is 65.4 Å². The summed E-state index contributed by atoms with van der Waals surface area (Å²) in [6.07, 6.45) is 5.82. The largest absolute Gasteiger partial charge is 0.372 e. The van der Waals surface area contributed by atoms with Crippen LogP contribution < -0.4 is 4.90 Å². The van der Waals surface area contributed by atoms with Gasteiger partial charge in [-0.2, -0.15) is 0 Å². The Hall–Kier alpha value is -1.14. The number of anilines is 1. The highest BCUT2D eigenvalue weighted by Crippen LogP contribution is 2.25. The molecular weight excluding hydrogens is 377 g/mol. The number of aryl methyl sites for hydroxylation is 1. The fraction of sp³-hybridized carbons (Fsp3) is 0.727. The normalized spacial score (nSPS) is 20.7. The van der Waals surface area contributed by atoms with E-state index in [0.29, 0.717) is 18.8 Å². The van der Waals surface area contributed by atoms with Crippen molar-refractivity contribution in [1.82, 2.24) is 0 Å². The van der Waals surface area contributed by atoms with Gasteiger partial charge in [0.05, 0.1) is 28.9 Å². The molecule has 6 heteroatoms. The second-order valence-corrected chi connectivity index (χ2v) is 11.1. The number of halogens is 1. The van der Waals surface area contributed by atoms with Crippen molar-refractivity contribution in [2.45, 2.75) is 83.7 Å². The van der Waals surface area contributed by atoms with Crippen LogP contribution in [-0.2, 0) is 21.0 Å². The van der Waals surface area contributed by atoms with Crippen LogP contribution in [0.15, 0.2) is 18.2 Å². The fourth-order valence-electron chi connectivity index (χ4n) is 3.74. The second-order valence-electron chi connectivity index (χ2n) is 8.38. The van der Waals surface area contributed by atoms with Crippen molar-refractivity contribution in [2.75, 3.05) is 23.7 Å². The summed E-state index contributed by atoms with van der Waals surface area (Å²) in [4.78, 5) is 2.07. The lowest BCUT2D eigenvalue weighted by Gasteiger charge is -2.37. The molecule has 1 aliphatic rings. The second kappa shape index (κ2) is 10.6. The van der Waals surface area contributed by atoms with Gasteiger partial charge < -0.3 is 9.64 Å². The lowest BCUT2D eigenvalue weighted by Crippen LogP contribution is -2.45. The molecule has 0 saturated carbocycles. The minimum absolute atomic E-state index is 0.110. The molecule has 0 unspecified atom stereocenters. The zero-order valence-electron chi connectivity index (χ0n) is 17.8. The fourth-order valence-corrected chi connectivity index (χ4v) is 4.81. The molecule has 0 bridgehead atoms. The number of benzene rings is 1. The maximum Gasteiger partial charge on any atom is 0.152 e. The predicted octanol–water partition coefficient (Wildman–Crippen LogP) is 4.76. The standard InChI is InChI=1S/C22H36FNO3S/c1-17(2)28(25,26)13-9-7-5-6-8-10-20-11-12-22(21(23)14-20)24-15-18(3)27-19(4)16-24/h11-12,14,17-19H,5-10,13,15-16H2,1-4H3/t18-,19+. The van der Waals surface area contributed by atoms with Crippen molar-refractivity contribution in [3.05, 3.63) is 29.6 Å². The number of hydrogen-bond acceptors (Lipinski definition) is 4. The van der Waals surface area contributed by atoms with Crippen molar-refractivity contribution in [3.63, 3.8) is 0 Å². The van der Waals surface area contributed by atoms with E-state index >= 15 is 0 Å². The molecule has 0 aliphatic carbocycles. The minimum atomic E-state index is -2.91. The summed E-state index contributed by atoms with van der Waals surface area (Å²) in [5.41, 5.74) is 1.69. The third-order valence-electron chi connectivity index (χ3n) is 5.38. The number of ether oxygens (including phenoxy) is 1. The summed E-state index contributed by atoms with van der Waals surface area (Å²) in [5.74, 6) is 0.133. The first-order valence-corrected chi connectivity index (χ1v) is 12.3. The van der Waals surface area contributed by atoms with E-state index in [4.69, 9.17) is 4.74 Å². The summed E-state index contributed by atoms with van der Waals surface area (Å²) >= 11 is 0. The first-order chi connectivity index (χ1) is 13.2. The number of sulfone groups is 1. The summed E-state index contributed by atoms with van der Waals surface area (Å²) in [6, 6.07) is 5.58. The molecule has 2 atom stereocenters. The predicted molar refractivity (Wildman–Crippen MR) is 114 cm³/mol. The molecule has 1 aliphatic heterocycles. The molecule has 0 spiro atoms. The van der Waals surface area contributed by atoms with Crippen LogP contribution in [-0.4, -0.2) is 44.7 Å². The van der Waals surface area contributed by atoms with Gasteiger partial charge in [0.1, 0.15) is 5.82 Å². The minimum Gasteiger partial charge on any atom is -0.372 e. The first kappa shape index (κ1) is 23.1. The molecule has 28 heavy (non-hydrogen) atoms. The SMILES string of the molecule is CC(C)S(=O)(=O)CCCCCCCc1ccc(N2C[C@@H](C)O[C@@H](C)C2)c(F)c1. The van der Waals surface area contributed by atoms with Crippen molar-refractivity contribution < 1.29 is 17.5 Å². The molecule has 0 aromatic heterocycles. The first-order valence-electron chi connectivity index (χ1n) is 10.6. The summed E-state index contributed by atoms with van der Waals surface area (Å²) in [7, 11) is -2.91. The molecule has 0 amide bonds. The third kappa shape index (κ3) is 7.03. The van der Waals surface area contributed by atoms with Crippen molar-refractivity contribution in [2.24, 2.45) is 0 Å². The van der Waals surface area contributed by atoms with Gasteiger partial charge in [-0.1, -0.05) is 25.3 Å². The van der Waals surface area contributed by atoms with E-state index in [-0.39, 0.29) is 29.0 Å². The van der Waals surface area contributed by atoms with Gasteiger partial charge in [-0.25, -0.2) is 12.8 Å². The van der Waals surface area contributed by atoms with Crippen LogP contribution in [0.4, 0.5) is 10.1 Å². The topological polar surface area (TPSA) is 46.6 Å². The Labute approximate surface area is 170 Å². The van der Waals surface area contributed by atoms with Crippen molar-refractivity contribution in [3.8, 4) is 0 Å². The number of unbranched alkanes of at least 4 members (excludes halogenated alkanes) is 4. The Morgan fingerprint density at radius 2 is 1.68 bits per heavy atom. The van der Waals surface area contributed by atoms with Crippen LogP contribution >= 0.6 is 0 Å². The van der Waals surface area contributed by atoms with Crippen LogP contribution in [0.2, 0.25) is 0 Å². The highest BCUT2D eigenvalue weighted by Gasteiger charge is 2.24. The monoisotopic (exact) mass is 413 g/mol. The highest BCUT2D eigenvalue weighted by molar-refractivity contribution is 7.91. The molecule has 2 rings (SSSR count). The lowest BCUT2D eigenvalue weighted by atomic mass is 10.0. The maximum atomic E-state index is 14.6. The van der Waals surface area contributed by atoms with Gasteiger partial charge in [-0.05, 0) is 64.7 Å². The van der Waals surface area contributed by atoms with Crippen LogP contribution in [0, 0.1) is 5.82 Å². The number of hydrogen-bond donors (Lipinski definition) is 0. The van der Waals surface area contributed by atoms with Gasteiger partial charge in [0.15, 0.2) is 9.84 Å². The molecule has 0 N–H and O–H groups in total. The maximum absolute atomic E-state index is 14.6. The Balaban J connectivity index is 1.72. The molecule has 160 valence electrons. The zero-order valence-corrected chi connectivity index (χ0v) is 18.6. The lowest BCUT2D eigenvalue weighted by molar-refractivity contribution is -0.00539. The number of morpholine rings is 1. The average Bonchev–Trinajstić information content (AvgIpc) is 2.60. The van der Waals surface area contributed by atoms with E-state index < -0.39 is 9.84 Å². The van der Waals surface area contributed by atoms with Crippen LogP contribution in [0.25, 0.3) is 0 Å². The van der Waals surface area contributed by atoms with Crippen molar-refractivity contribution >= 4 is 15.5 Å². The van der Waals surface area contributed by atoms with Crippen LogP contribution in [0.3, 0.4) is 0 Å². The van der Waals surface area contributed by atoms with Gasteiger partial charge in [0, 0.05) is 13.1 Å². The van der Waals surface area contributed by atoms with Gasteiger partial charge >= 0.3 is 0 Å². The Bertz CT molecular complexity index is 710. The van der Waals surface area contributed by atoms with Gasteiger partial charge in [-0.15, -0.1) is 0 Å². The van der Waals surface area contributed by atoms with E-state index in [1.165, 1.54) is 0 Å². The number of nitrogens with zero attached hydrogens (tertiary/aromatic N) is 1. The molecule has 4 nitrogen and oxygen atoms in total. The van der Waals surface area contributed by atoms with E-state index in [2.05, 4.69) is 4.90 Å². The summed E-state index contributed by atoms with van der Waals surface area (Å²) in [5, 5.41) is -0.283. The molecule has 1 aromatic rings. The Kier molecular flexibility index (Phi) is 8.75. The van der Waals surface area contributed by atoms with E-state index in [0.717, 1.165) is 44.1 Å². The van der Waals surface area contributed by atoms with Crippen molar-refractivity contribution in [1.29, 1.82) is 0 Å². The third-order valence-corrected chi connectivity index (χ3v) is 7.68. The van der Waals surface area contributed by atoms with E-state index in [1.54, 1.807) is 19.9 Å². The Morgan fingerprint density at radius 1 is 1.07 bits per heavy atom. The average molecular weight is 414 g/mol. The van der Waals surface area contributed by atoms with Gasteiger partial charge in [0.2, 0.25) is 0 Å². The molecule has 1 fully saturated rings. The molecule has 1 saturated heterocycles. The zero-order chi connectivity index (χ0) is 20.7. The summed E-state index contributed by atoms with van der Waals surface area (Å²) < 4.78 is 43.9. The molecular formula is C22H36FNO3S. The molecule has 0 radical (unpaired) electrons. The highest BCUT2D eigenvalue weighted by atomic mass is 32.2. The van der Waals surface area contributed by atoms with E-state index in [9.17, 15) is 12.8 Å². The molecule has 1 heterocycles. The van der Waals surface area contributed by atoms with Gasteiger partial charge in [0.25, 0.3) is 0 Å². The molecule has 1 aromatic carbocycles. The summed E-state index contributed by atoms with van der Waals surface area (Å²) in [6.45, 7) is 8.95. The van der Waals surface area contributed by atoms with Gasteiger partial charge in [-0.3, -0.25) is 0 Å².